The van der Waals surface area contributed by atoms with Crippen molar-refractivity contribution in [3.63, 3.8) is 0 Å². The van der Waals surface area contributed by atoms with Gasteiger partial charge in [0.05, 0.1) is 13.2 Å². The first-order valence-corrected chi connectivity index (χ1v) is 6.41. The molecule has 0 radical (unpaired) electrons. The van der Waals surface area contributed by atoms with Crippen LogP contribution in [0.5, 0.6) is 11.5 Å². The van der Waals surface area contributed by atoms with Crippen molar-refractivity contribution < 1.29 is 9.47 Å². The average Bonchev–Trinajstić information content (AvgIpc) is 2.33. The van der Waals surface area contributed by atoms with Gasteiger partial charge in [-0.1, -0.05) is 19.1 Å². The Morgan fingerprint density at radius 3 is 2.47 bits per heavy atom. The molecule has 0 amide bonds. The zero-order valence-corrected chi connectivity index (χ0v) is 11.1. The molecule has 0 aliphatic heterocycles. The summed E-state index contributed by atoms with van der Waals surface area (Å²) >= 11 is 0. The molecule has 1 rings (SSSR count). The van der Waals surface area contributed by atoms with E-state index in [4.69, 9.17) is 9.47 Å². The minimum absolute atomic E-state index is 0.658. The third-order valence-electron chi connectivity index (χ3n) is 2.39. The van der Waals surface area contributed by atoms with Crippen LogP contribution in [0.2, 0.25) is 0 Å². The second kappa shape index (κ2) is 7.96. The predicted octanol–water partition coefficient (Wildman–Crippen LogP) is 2.98. The summed E-state index contributed by atoms with van der Waals surface area (Å²) in [5.41, 5.74) is 1.16. The normalized spacial score (nSPS) is 10.3. The van der Waals surface area contributed by atoms with Crippen LogP contribution in [0.25, 0.3) is 0 Å². The molecule has 0 spiro atoms. The first-order valence-electron chi connectivity index (χ1n) is 6.41. The Kier molecular flexibility index (Phi) is 6.48. The molecule has 0 aliphatic rings. The predicted molar refractivity (Wildman–Crippen MR) is 70.8 cm³/mol. The van der Waals surface area contributed by atoms with Crippen LogP contribution in [-0.4, -0.2) is 19.8 Å². The fraction of sp³-hybridized carbons (Fsp3) is 0.571. The molecule has 3 nitrogen and oxygen atoms in total. The molecule has 0 atom stereocenters. The summed E-state index contributed by atoms with van der Waals surface area (Å²) in [5, 5.41) is 3.38. The first-order chi connectivity index (χ1) is 8.33. The Balaban J connectivity index is 2.81. The molecule has 0 aliphatic carbocycles. The maximum atomic E-state index is 5.69. The van der Waals surface area contributed by atoms with Gasteiger partial charge in [-0.05, 0) is 32.9 Å². The van der Waals surface area contributed by atoms with Crippen molar-refractivity contribution in [2.24, 2.45) is 0 Å². The number of hydrogen-bond donors (Lipinski definition) is 1. The number of benzene rings is 1. The van der Waals surface area contributed by atoms with Gasteiger partial charge in [0.2, 0.25) is 0 Å². The number of para-hydroxylation sites is 1. The molecule has 0 fully saturated rings. The van der Waals surface area contributed by atoms with Crippen molar-refractivity contribution in [1.82, 2.24) is 5.32 Å². The van der Waals surface area contributed by atoms with Crippen LogP contribution in [0.3, 0.4) is 0 Å². The van der Waals surface area contributed by atoms with Crippen LogP contribution in [0.1, 0.15) is 32.8 Å². The topological polar surface area (TPSA) is 30.5 Å². The van der Waals surface area contributed by atoms with E-state index in [-0.39, 0.29) is 0 Å². The van der Waals surface area contributed by atoms with E-state index in [9.17, 15) is 0 Å². The van der Waals surface area contributed by atoms with Gasteiger partial charge in [0.25, 0.3) is 0 Å². The van der Waals surface area contributed by atoms with Gasteiger partial charge in [0.1, 0.15) is 0 Å². The Morgan fingerprint density at radius 1 is 1.06 bits per heavy atom. The molecule has 1 N–H and O–H groups in total. The quantitative estimate of drug-likeness (QED) is 0.705. The lowest BCUT2D eigenvalue weighted by molar-refractivity contribution is 0.285. The highest BCUT2D eigenvalue weighted by atomic mass is 16.5. The second-order valence-electron chi connectivity index (χ2n) is 3.79. The average molecular weight is 237 g/mol. The number of rotatable bonds is 8. The maximum Gasteiger partial charge on any atom is 0.165 e. The minimum atomic E-state index is 0.658. The summed E-state index contributed by atoms with van der Waals surface area (Å²) in [6.45, 7) is 9.29. The van der Waals surface area contributed by atoms with Gasteiger partial charge < -0.3 is 14.8 Å². The molecule has 0 aromatic heterocycles. The Bertz CT molecular complexity index is 326. The lowest BCUT2D eigenvalue weighted by Gasteiger charge is -2.15. The van der Waals surface area contributed by atoms with Gasteiger partial charge >= 0.3 is 0 Å². The van der Waals surface area contributed by atoms with Crippen LogP contribution in [-0.2, 0) is 6.54 Å². The summed E-state index contributed by atoms with van der Waals surface area (Å²) in [4.78, 5) is 0. The fourth-order valence-corrected chi connectivity index (χ4v) is 1.68. The molecular formula is C14H23NO2. The lowest BCUT2D eigenvalue weighted by Crippen LogP contribution is -2.15. The second-order valence-corrected chi connectivity index (χ2v) is 3.79. The Labute approximate surface area is 104 Å². The maximum absolute atomic E-state index is 5.69. The minimum Gasteiger partial charge on any atom is -0.490 e. The van der Waals surface area contributed by atoms with Crippen molar-refractivity contribution in [1.29, 1.82) is 0 Å². The Hall–Kier alpha value is -1.22. The van der Waals surface area contributed by atoms with Gasteiger partial charge in [-0.25, -0.2) is 0 Å². The smallest absolute Gasteiger partial charge is 0.165 e. The van der Waals surface area contributed by atoms with Crippen molar-refractivity contribution >= 4 is 0 Å². The molecule has 0 heterocycles. The summed E-state index contributed by atoms with van der Waals surface area (Å²) in [7, 11) is 0. The van der Waals surface area contributed by atoms with Crippen molar-refractivity contribution in [3.05, 3.63) is 23.8 Å². The van der Waals surface area contributed by atoms with Crippen LogP contribution in [0, 0.1) is 0 Å². The van der Waals surface area contributed by atoms with Gasteiger partial charge in [0.15, 0.2) is 11.5 Å². The van der Waals surface area contributed by atoms with E-state index in [1.807, 2.05) is 26.0 Å². The van der Waals surface area contributed by atoms with E-state index in [1.54, 1.807) is 0 Å². The zero-order valence-electron chi connectivity index (χ0n) is 11.1. The monoisotopic (exact) mass is 237 g/mol. The molecule has 0 saturated heterocycles. The molecule has 0 unspecified atom stereocenters. The molecule has 3 heteroatoms. The number of ether oxygens (including phenoxy) is 2. The summed E-state index contributed by atoms with van der Waals surface area (Å²) in [5.74, 6) is 1.71. The number of hydrogen-bond acceptors (Lipinski definition) is 3. The first kappa shape index (κ1) is 13.8. The summed E-state index contributed by atoms with van der Waals surface area (Å²) in [6, 6.07) is 6.05. The molecule has 96 valence electrons. The highest BCUT2D eigenvalue weighted by Gasteiger charge is 2.09. The summed E-state index contributed by atoms with van der Waals surface area (Å²) < 4.78 is 11.3. The van der Waals surface area contributed by atoms with Gasteiger partial charge in [-0.15, -0.1) is 0 Å². The van der Waals surface area contributed by atoms with E-state index in [0.29, 0.717) is 13.2 Å². The number of nitrogens with one attached hydrogen (secondary N) is 1. The van der Waals surface area contributed by atoms with Crippen molar-refractivity contribution in [2.75, 3.05) is 19.8 Å². The molecule has 0 bridgehead atoms. The van der Waals surface area contributed by atoms with Crippen LogP contribution in [0.15, 0.2) is 18.2 Å². The van der Waals surface area contributed by atoms with Crippen molar-refractivity contribution in [2.45, 2.75) is 33.7 Å². The van der Waals surface area contributed by atoms with Crippen LogP contribution < -0.4 is 14.8 Å². The zero-order chi connectivity index (χ0) is 12.5. The van der Waals surface area contributed by atoms with E-state index in [2.05, 4.69) is 18.3 Å². The third-order valence-corrected chi connectivity index (χ3v) is 2.39. The highest BCUT2D eigenvalue weighted by molar-refractivity contribution is 5.46. The lowest BCUT2D eigenvalue weighted by atomic mass is 10.2. The third kappa shape index (κ3) is 4.27. The van der Waals surface area contributed by atoms with Crippen molar-refractivity contribution in [3.8, 4) is 11.5 Å². The molecule has 1 aromatic carbocycles. The van der Waals surface area contributed by atoms with E-state index in [0.717, 1.165) is 36.6 Å². The standard InChI is InChI=1S/C14H23NO2/c1-4-10-15-11-12-8-7-9-13(16-5-2)14(12)17-6-3/h7-9,15H,4-6,10-11H2,1-3H3. The van der Waals surface area contributed by atoms with Gasteiger partial charge in [-0.3, -0.25) is 0 Å². The van der Waals surface area contributed by atoms with E-state index < -0.39 is 0 Å². The largest absolute Gasteiger partial charge is 0.490 e. The van der Waals surface area contributed by atoms with E-state index >= 15 is 0 Å². The molecule has 17 heavy (non-hydrogen) atoms. The fourth-order valence-electron chi connectivity index (χ4n) is 1.68. The molecular weight excluding hydrogens is 214 g/mol. The highest BCUT2D eigenvalue weighted by Crippen LogP contribution is 2.31. The summed E-state index contributed by atoms with van der Waals surface area (Å²) in [6.07, 6.45) is 1.13. The Morgan fingerprint density at radius 2 is 1.82 bits per heavy atom. The SMILES string of the molecule is CCCNCc1cccc(OCC)c1OCC. The molecule has 1 aromatic rings. The van der Waals surface area contributed by atoms with Crippen LogP contribution in [0.4, 0.5) is 0 Å². The van der Waals surface area contributed by atoms with Gasteiger partial charge in [0, 0.05) is 12.1 Å². The molecule has 0 saturated carbocycles. The van der Waals surface area contributed by atoms with Gasteiger partial charge in [-0.2, -0.15) is 0 Å². The van der Waals surface area contributed by atoms with E-state index in [1.165, 1.54) is 0 Å². The van der Waals surface area contributed by atoms with Crippen LogP contribution >= 0.6 is 0 Å².